The number of halogens is 1. The van der Waals surface area contributed by atoms with Crippen molar-refractivity contribution in [1.82, 2.24) is 19.9 Å². The number of hydrogen-bond donors (Lipinski definition) is 2. The molecule has 0 unspecified atom stereocenters. The fraction of sp³-hybridized carbons (Fsp3) is 0.214. The molecule has 0 fully saturated rings. The Bertz CT molecular complexity index is 786. The first kappa shape index (κ1) is 13.3. The quantitative estimate of drug-likeness (QED) is 0.720. The van der Waals surface area contributed by atoms with Gasteiger partial charge in [-0.3, -0.25) is 0 Å². The first-order chi connectivity index (χ1) is 10.2. The summed E-state index contributed by atoms with van der Waals surface area (Å²) >= 11 is 0. The van der Waals surface area contributed by atoms with Crippen molar-refractivity contribution in [2.75, 3.05) is 12.3 Å². The Morgan fingerprint density at radius 2 is 2.24 bits per heavy atom. The van der Waals surface area contributed by atoms with Gasteiger partial charge in [0, 0.05) is 24.0 Å². The average Bonchev–Trinajstić information content (AvgIpc) is 2.88. The molecule has 0 spiro atoms. The zero-order chi connectivity index (χ0) is 14.8. The predicted molar refractivity (Wildman–Crippen MR) is 77.3 cm³/mol. The third-order valence-electron chi connectivity index (χ3n) is 2.99. The molecule has 0 aliphatic rings. The number of aromatic nitrogens is 4. The van der Waals surface area contributed by atoms with Gasteiger partial charge in [0.25, 0.3) is 0 Å². The van der Waals surface area contributed by atoms with Crippen LogP contribution in [0, 0.1) is 5.95 Å². The van der Waals surface area contributed by atoms with Crippen LogP contribution < -0.4 is 10.5 Å². The van der Waals surface area contributed by atoms with E-state index in [1.165, 1.54) is 6.07 Å². The molecule has 108 valence electrons. The van der Waals surface area contributed by atoms with Crippen molar-refractivity contribution in [3.8, 4) is 17.0 Å². The van der Waals surface area contributed by atoms with Gasteiger partial charge in [0.05, 0.1) is 17.7 Å². The highest BCUT2D eigenvalue weighted by Gasteiger charge is 2.15. The van der Waals surface area contributed by atoms with Gasteiger partial charge in [-0.15, -0.1) is 0 Å². The van der Waals surface area contributed by atoms with E-state index in [-0.39, 0.29) is 5.95 Å². The molecule has 0 saturated carbocycles. The van der Waals surface area contributed by atoms with E-state index in [4.69, 9.17) is 10.5 Å². The van der Waals surface area contributed by atoms with Crippen molar-refractivity contribution < 1.29 is 9.13 Å². The molecule has 0 saturated heterocycles. The molecular weight excluding hydrogens is 273 g/mol. The lowest BCUT2D eigenvalue weighted by Gasteiger charge is -2.08. The molecule has 0 amide bonds. The zero-order valence-electron chi connectivity index (χ0n) is 11.4. The smallest absolute Gasteiger partial charge is 0.220 e. The molecule has 3 rings (SSSR count). The molecule has 7 heteroatoms. The number of fused-ring (bicyclic) bond motifs is 1. The van der Waals surface area contributed by atoms with Crippen LogP contribution in [0.5, 0.6) is 5.75 Å². The molecule has 3 aromatic heterocycles. The van der Waals surface area contributed by atoms with Crippen LogP contribution >= 0.6 is 0 Å². The maximum absolute atomic E-state index is 13.5. The minimum Gasteiger partial charge on any atom is -0.493 e. The van der Waals surface area contributed by atoms with Crippen molar-refractivity contribution in [2.24, 2.45) is 0 Å². The number of ether oxygens (including phenoxy) is 1. The van der Waals surface area contributed by atoms with Gasteiger partial charge < -0.3 is 15.5 Å². The van der Waals surface area contributed by atoms with Gasteiger partial charge in [0.15, 0.2) is 0 Å². The average molecular weight is 287 g/mol. The lowest BCUT2D eigenvalue weighted by atomic mass is 10.1. The molecule has 0 aliphatic carbocycles. The predicted octanol–water partition coefficient (Wildman–Crippen LogP) is 2.53. The van der Waals surface area contributed by atoms with Crippen LogP contribution in [0.25, 0.3) is 22.3 Å². The van der Waals surface area contributed by atoms with E-state index in [1.54, 1.807) is 18.5 Å². The molecule has 6 nitrogen and oxygen atoms in total. The number of rotatable bonds is 4. The maximum atomic E-state index is 13.5. The Morgan fingerprint density at radius 1 is 1.38 bits per heavy atom. The van der Waals surface area contributed by atoms with Crippen molar-refractivity contribution in [3.05, 3.63) is 30.5 Å². The zero-order valence-corrected chi connectivity index (χ0v) is 11.4. The minimum atomic E-state index is -0.593. The SMILES string of the molecule is CCCOc1cc(F)nc2[nH]cc(-c3ccnc(N)n3)c12. The van der Waals surface area contributed by atoms with Crippen LogP contribution in [-0.4, -0.2) is 26.5 Å². The number of nitrogens with two attached hydrogens (primary N) is 1. The number of aromatic amines is 1. The lowest BCUT2D eigenvalue weighted by Crippen LogP contribution is -1.98. The third-order valence-corrected chi connectivity index (χ3v) is 2.99. The second kappa shape index (κ2) is 5.35. The standard InChI is InChI=1S/C14H14FN5O/c1-2-5-21-10-6-11(15)20-13-12(10)8(7-18-13)9-3-4-17-14(16)19-9/h3-4,6-7H,2,5H2,1H3,(H,18,20)(H2,16,17,19). The Hall–Kier alpha value is -2.70. The Labute approximate surface area is 120 Å². The fourth-order valence-electron chi connectivity index (χ4n) is 2.12. The lowest BCUT2D eigenvalue weighted by molar-refractivity contribution is 0.319. The van der Waals surface area contributed by atoms with Gasteiger partial charge in [0.1, 0.15) is 11.4 Å². The van der Waals surface area contributed by atoms with E-state index < -0.39 is 5.95 Å². The molecule has 0 aliphatic heterocycles. The van der Waals surface area contributed by atoms with Crippen LogP contribution in [0.15, 0.2) is 24.5 Å². The Balaban J connectivity index is 2.19. The minimum absolute atomic E-state index is 0.174. The summed E-state index contributed by atoms with van der Waals surface area (Å²) in [6.45, 7) is 2.48. The van der Waals surface area contributed by atoms with E-state index in [0.29, 0.717) is 29.1 Å². The second-order valence-corrected chi connectivity index (χ2v) is 4.52. The molecule has 3 N–H and O–H groups in total. The van der Waals surface area contributed by atoms with Gasteiger partial charge in [-0.2, -0.15) is 4.39 Å². The summed E-state index contributed by atoms with van der Waals surface area (Å²) in [7, 11) is 0. The van der Waals surface area contributed by atoms with Gasteiger partial charge >= 0.3 is 0 Å². The molecule has 0 radical (unpaired) electrons. The molecule has 3 aromatic rings. The first-order valence-electron chi connectivity index (χ1n) is 6.58. The summed E-state index contributed by atoms with van der Waals surface area (Å²) < 4.78 is 19.2. The van der Waals surface area contributed by atoms with E-state index >= 15 is 0 Å². The van der Waals surface area contributed by atoms with Crippen LogP contribution in [-0.2, 0) is 0 Å². The number of pyridine rings is 1. The molecule has 0 bridgehead atoms. The number of nitrogens with zero attached hydrogens (tertiary/aromatic N) is 3. The largest absolute Gasteiger partial charge is 0.493 e. The van der Waals surface area contributed by atoms with Crippen LogP contribution in [0.1, 0.15) is 13.3 Å². The Kier molecular flexibility index (Phi) is 3.39. The summed E-state index contributed by atoms with van der Waals surface area (Å²) in [5, 5.41) is 0.683. The van der Waals surface area contributed by atoms with E-state index in [2.05, 4.69) is 19.9 Å². The van der Waals surface area contributed by atoms with Crippen molar-refractivity contribution in [2.45, 2.75) is 13.3 Å². The van der Waals surface area contributed by atoms with E-state index in [0.717, 1.165) is 12.0 Å². The van der Waals surface area contributed by atoms with Crippen molar-refractivity contribution in [3.63, 3.8) is 0 Å². The van der Waals surface area contributed by atoms with Crippen LogP contribution in [0.4, 0.5) is 10.3 Å². The van der Waals surface area contributed by atoms with Crippen molar-refractivity contribution in [1.29, 1.82) is 0 Å². The highest BCUT2D eigenvalue weighted by molar-refractivity contribution is 5.97. The third kappa shape index (κ3) is 2.49. The first-order valence-corrected chi connectivity index (χ1v) is 6.58. The van der Waals surface area contributed by atoms with Gasteiger partial charge in [-0.25, -0.2) is 15.0 Å². The summed E-state index contributed by atoms with van der Waals surface area (Å²) in [5.74, 6) is 0.0185. The van der Waals surface area contributed by atoms with E-state index in [9.17, 15) is 4.39 Å². The maximum Gasteiger partial charge on any atom is 0.220 e. The highest BCUT2D eigenvalue weighted by atomic mass is 19.1. The molecule has 0 aromatic carbocycles. The van der Waals surface area contributed by atoms with Gasteiger partial charge in [-0.05, 0) is 12.5 Å². The van der Waals surface area contributed by atoms with Gasteiger partial charge in [-0.1, -0.05) is 6.92 Å². The number of hydrogen-bond acceptors (Lipinski definition) is 5. The topological polar surface area (TPSA) is 89.7 Å². The highest BCUT2D eigenvalue weighted by Crippen LogP contribution is 2.34. The summed E-state index contributed by atoms with van der Waals surface area (Å²) in [6, 6.07) is 3.01. The Morgan fingerprint density at radius 3 is 3.00 bits per heavy atom. The van der Waals surface area contributed by atoms with Crippen LogP contribution in [0.2, 0.25) is 0 Å². The fourth-order valence-corrected chi connectivity index (χ4v) is 2.12. The van der Waals surface area contributed by atoms with E-state index in [1.807, 2.05) is 6.92 Å². The monoisotopic (exact) mass is 287 g/mol. The summed E-state index contributed by atoms with van der Waals surface area (Å²) in [5.41, 5.74) is 7.40. The molecular formula is C14H14FN5O. The molecule has 21 heavy (non-hydrogen) atoms. The number of H-pyrrole nitrogens is 1. The summed E-state index contributed by atoms with van der Waals surface area (Å²) in [6.07, 6.45) is 4.10. The number of nitrogen functional groups attached to an aromatic ring is 1. The van der Waals surface area contributed by atoms with Crippen LogP contribution in [0.3, 0.4) is 0 Å². The molecule has 0 atom stereocenters. The molecule has 3 heterocycles. The van der Waals surface area contributed by atoms with Gasteiger partial charge in [0.2, 0.25) is 11.9 Å². The summed E-state index contributed by atoms with van der Waals surface area (Å²) in [4.78, 5) is 14.8. The van der Waals surface area contributed by atoms with Crippen molar-refractivity contribution >= 4 is 17.0 Å². The number of nitrogens with one attached hydrogen (secondary N) is 1. The second-order valence-electron chi connectivity index (χ2n) is 4.52. The number of anilines is 1. The normalized spacial score (nSPS) is 11.0.